The Hall–Kier alpha value is -1.98. The molecule has 0 N–H and O–H groups in total. The molecule has 0 spiro atoms. The van der Waals surface area contributed by atoms with E-state index >= 15 is 0 Å². The van der Waals surface area contributed by atoms with Crippen molar-refractivity contribution in [3.8, 4) is 0 Å². The lowest BCUT2D eigenvalue weighted by atomic mass is 10.1. The van der Waals surface area contributed by atoms with Crippen molar-refractivity contribution in [2.45, 2.75) is 13.8 Å². The Balaban J connectivity index is 3.31. The molecule has 0 aliphatic rings. The molecule has 5 nitrogen and oxygen atoms in total. The van der Waals surface area contributed by atoms with Crippen molar-refractivity contribution in [1.29, 1.82) is 0 Å². The molecule has 0 saturated heterocycles. The molecule has 6 heteroatoms. The maximum Gasteiger partial charge on any atom is 0.305 e. The summed E-state index contributed by atoms with van der Waals surface area (Å²) in [5.41, 5.74) is 0.222. The van der Waals surface area contributed by atoms with Crippen molar-refractivity contribution >= 4 is 17.3 Å². The van der Waals surface area contributed by atoms with Gasteiger partial charge in [-0.15, -0.1) is 0 Å². The maximum atomic E-state index is 13.3. The average Bonchev–Trinajstić information content (AvgIpc) is 2.19. The summed E-state index contributed by atoms with van der Waals surface area (Å²) in [6.45, 7) is 2.92. The van der Waals surface area contributed by atoms with Crippen LogP contribution in [-0.2, 0) is 4.79 Å². The zero-order chi connectivity index (χ0) is 12.5. The van der Waals surface area contributed by atoms with Crippen molar-refractivity contribution < 1.29 is 14.1 Å². The third kappa shape index (κ3) is 2.16. The van der Waals surface area contributed by atoms with Gasteiger partial charge in [-0.2, -0.15) is 4.39 Å². The number of amides is 1. The van der Waals surface area contributed by atoms with E-state index in [0.717, 1.165) is 12.1 Å². The molecule has 0 bridgehead atoms. The van der Waals surface area contributed by atoms with Crippen molar-refractivity contribution in [2.24, 2.45) is 0 Å². The van der Waals surface area contributed by atoms with Gasteiger partial charge in [-0.3, -0.25) is 14.9 Å². The van der Waals surface area contributed by atoms with Crippen LogP contribution in [0.5, 0.6) is 0 Å². The minimum Gasteiger partial charge on any atom is -0.315 e. The van der Waals surface area contributed by atoms with Crippen LogP contribution in [0.4, 0.5) is 15.8 Å². The van der Waals surface area contributed by atoms with Crippen molar-refractivity contribution in [1.82, 2.24) is 0 Å². The lowest BCUT2D eigenvalue weighted by molar-refractivity contribution is -0.387. The molecule has 16 heavy (non-hydrogen) atoms. The highest BCUT2D eigenvalue weighted by molar-refractivity contribution is 5.91. The molecule has 0 aliphatic heterocycles. The number of hydrogen-bond acceptors (Lipinski definition) is 3. The number of hydrogen-bond donors (Lipinski definition) is 0. The summed E-state index contributed by atoms with van der Waals surface area (Å²) < 4.78 is 13.3. The standard InChI is InChI=1S/C10H11FN2O3/c1-6-4-10(13(15)16)8(11)5-9(6)12(3)7(2)14/h4-5H,1-3H3. The number of carbonyl (C=O) groups excluding carboxylic acids is 1. The van der Waals surface area contributed by atoms with Crippen molar-refractivity contribution in [2.75, 3.05) is 11.9 Å². The smallest absolute Gasteiger partial charge is 0.305 e. The van der Waals surface area contributed by atoms with Crippen molar-refractivity contribution in [3.63, 3.8) is 0 Å². The quantitative estimate of drug-likeness (QED) is 0.572. The summed E-state index contributed by atoms with van der Waals surface area (Å²) in [5, 5.41) is 10.5. The fraction of sp³-hybridized carbons (Fsp3) is 0.300. The summed E-state index contributed by atoms with van der Waals surface area (Å²) in [7, 11) is 1.48. The van der Waals surface area contributed by atoms with E-state index in [4.69, 9.17) is 0 Å². The van der Waals surface area contributed by atoms with Crippen LogP contribution in [0, 0.1) is 22.9 Å². The Morgan fingerprint density at radius 3 is 2.50 bits per heavy atom. The Labute approximate surface area is 91.6 Å². The monoisotopic (exact) mass is 226 g/mol. The number of nitrogens with zero attached hydrogens (tertiary/aromatic N) is 2. The molecule has 1 rings (SSSR count). The topological polar surface area (TPSA) is 63.5 Å². The van der Waals surface area contributed by atoms with E-state index in [2.05, 4.69) is 0 Å². The molecule has 1 aromatic rings. The van der Waals surface area contributed by atoms with E-state index in [1.807, 2.05) is 0 Å². The Morgan fingerprint density at radius 2 is 2.06 bits per heavy atom. The van der Waals surface area contributed by atoms with Gasteiger partial charge in [-0.1, -0.05) is 0 Å². The van der Waals surface area contributed by atoms with Gasteiger partial charge in [0, 0.05) is 31.8 Å². The van der Waals surface area contributed by atoms with Gasteiger partial charge in [0.1, 0.15) is 0 Å². The first-order valence-corrected chi connectivity index (χ1v) is 4.53. The summed E-state index contributed by atoms with van der Waals surface area (Å²) in [6.07, 6.45) is 0. The molecule has 1 amide bonds. The molecule has 0 saturated carbocycles. The second-order valence-electron chi connectivity index (χ2n) is 3.43. The largest absolute Gasteiger partial charge is 0.315 e. The number of nitro groups is 1. The fourth-order valence-corrected chi connectivity index (χ4v) is 1.33. The summed E-state index contributed by atoms with van der Waals surface area (Å²) in [6, 6.07) is 2.11. The molecule has 1 aromatic carbocycles. The first-order chi connectivity index (χ1) is 7.34. The van der Waals surface area contributed by atoms with Gasteiger partial charge in [0.15, 0.2) is 0 Å². The number of carbonyl (C=O) groups is 1. The molecule has 0 atom stereocenters. The minimum absolute atomic E-state index is 0.267. The van der Waals surface area contributed by atoms with Gasteiger partial charge in [-0.05, 0) is 12.5 Å². The Kier molecular flexibility index (Phi) is 3.22. The van der Waals surface area contributed by atoms with E-state index in [0.29, 0.717) is 11.3 Å². The van der Waals surface area contributed by atoms with E-state index < -0.39 is 16.4 Å². The van der Waals surface area contributed by atoms with Crippen LogP contribution in [0.3, 0.4) is 0 Å². The zero-order valence-electron chi connectivity index (χ0n) is 9.15. The lowest BCUT2D eigenvalue weighted by Crippen LogP contribution is -2.23. The highest BCUT2D eigenvalue weighted by Crippen LogP contribution is 2.27. The average molecular weight is 226 g/mol. The zero-order valence-corrected chi connectivity index (χ0v) is 9.15. The molecule has 0 radical (unpaired) electrons. The van der Waals surface area contributed by atoms with Gasteiger partial charge < -0.3 is 4.90 Å². The van der Waals surface area contributed by atoms with Gasteiger partial charge in [-0.25, -0.2) is 0 Å². The fourth-order valence-electron chi connectivity index (χ4n) is 1.33. The molecule has 0 aliphatic carbocycles. The Morgan fingerprint density at radius 1 is 1.50 bits per heavy atom. The lowest BCUT2D eigenvalue weighted by Gasteiger charge is -2.17. The number of rotatable bonds is 2. The number of benzene rings is 1. The van der Waals surface area contributed by atoms with Crippen LogP contribution < -0.4 is 4.90 Å². The Bertz CT molecular complexity index is 460. The molecule has 86 valence electrons. The molecule has 0 unspecified atom stereocenters. The van der Waals surface area contributed by atoms with E-state index in [1.54, 1.807) is 6.92 Å². The van der Waals surface area contributed by atoms with Gasteiger partial charge in [0.05, 0.1) is 4.92 Å². The SMILES string of the molecule is CC(=O)N(C)c1cc(F)c([N+](=O)[O-])cc1C. The van der Waals surface area contributed by atoms with Crippen LogP contribution in [0.2, 0.25) is 0 Å². The number of anilines is 1. The number of nitro benzene ring substituents is 1. The van der Waals surface area contributed by atoms with Gasteiger partial charge in [0.2, 0.25) is 11.7 Å². The molecule has 0 heterocycles. The number of halogens is 1. The predicted octanol–water partition coefficient (Wildman–Crippen LogP) is 2.03. The number of aryl methyl sites for hydroxylation is 1. The molecule has 0 fully saturated rings. The van der Waals surface area contributed by atoms with Gasteiger partial charge >= 0.3 is 5.69 Å². The van der Waals surface area contributed by atoms with Crippen LogP contribution >= 0.6 is 0 Å². The normalized spacial score (nSPS) is 10.0. The summed E-state index contributed by atoms with van der Waals surface area (Å²) in [4.78, 5) is 22.0. The second kappa shape index (κ2) is 4.26. The van der Waals surface area contributed by atoms with Crippen molar-refractivity contribution in [3.05, 3.63) is 33.6 Å². The molecule has 0 aromatic heterocycles. The highest BCUT2D eigenvalue weighted by Gasteiger charge is 2.19. The van der Waals surface area contributed by atoms with Crippen LogP contribution in [0.25, 0.3) is 0 Å². The van der Waals surface area contributed by atoms with Crippen LogP contribution in [-0.4, -0.2) is 17.9 Å². The van der Waals surface area contributed by atoms with Gasteiger partial charge in [0.25, 0.3) is 0 Å². The summed E-state index contributed by atoms with van der Waals surface area (Å²) in [5.74, 6) is -1.21. The first-order valence-electron chi connectivity index (χ1n) is 4.53. The van der Waals surface area contributed by atoms with E-state index in [9.17, 15) is 19.3 Å². The van der Waals surface area contributed by atoms with Crippen LogP contribution in [0.1, 0.15) is 12.5 Å². The maximum absolute atomic E-state index is 13.3. The third-order valence-corrected chi connectivity index (χ3v) is 2.30. The first kappa shape index (κ1) is 12.1. The predicted molar refractivity (Wildman–Crippen MR) is 56.9 cm³/mol. The van der Waals surface area contributed by atoms with E-state index in [1.165, 1.54) is 18.9 Å². The molecular weight excluding hydrogens is 215 g/mol. The highest BCUT2D eigenvalue weighted by atomic mass is 19.1. The second-order valence-corrected chi connectivity index (χ2v) is 3.43. The third-order valence-electron chi connectivity index (χ3n) is 2.30. The molecular formula is C10H11FN2O3. The van der Waals surface area contributed by atoms with E-state index in [-0.39, 0.29) is 5.91 Å². The van der Waals surface area contributed by atoms with Crippen LogP contribution in [0.15, 0.2) is 12.1 Å². The minimum atomic E-state index is -0.946. The summed E-state index contributed by atoms with van der Waals surface area (Å²) >= 11 is 0.